The Morgan fingerprint density at radius 1 is 1.22 bits per heavy atom. The fraction of sp³-hybridized carbons (Fsp3) is 0.476. The first-order valence-electron chi connectivity index (χ1n) is 9.59. The molecule has 1 N–H and O–H groups in total. The molecule has 1 amide bonds. The number of carbonyl (C=O) groups is 1. The minimum Gasteiger partial charge on any atom is -0.496 e. The van der Waals surface area contributed by atoms with Gasteiger partial charge in [0.25, 0.3) is 5.91 Å². The summed E-state index contributed by atoms with van der Waals surface area (Å²) in [6.45, 7) is 4.76. The van der Waals surface area contributed by atoms with E-state index in [0.717, 1.165) is 43.8 Å². The Labute approximate surface area is 160 Å². The van der Waals surface area contributed by atoms with Gasteiger partial charge in [-0.1, -0.05) is 18.2 Å². The van der Waals surface area contributed by atoms with Crippen molar-refractivity contribution in [2.75, 3.05) is 39.9 Å². The number of nitrogens with one attached hydrogen (secondary N) is 1. The average Bonchev–Trinajstić information content (AvgIpc) is 3.25. The van der Waals surface area contributed by atoms with E-state index in [0.29, 0.717) is 19.7 Å². The molecule has 0 bridgehead atoms. The number of benzene rings is 1. The van der Waals surface area contributed by atoms with Crippen molar-refractivity contribution in [2.45, 2.75) is 25.0 Å². The van der Waals surface area contributed by atoms with Crippen LogP contribution in [0.15, 0.2) is 42.7 Å². The molecule has 2 aliphatic rings. The van der Waals surface area contributed by atoms with Crippen LogP contribution in [0, 0.1) is 0 Å². The van der Waals surface area contributed by atoms with Gasteiger partial charge in [0.1, 0.15) is 5.75 Å². The van der Waals surface area contributed by atoms with E-state index in [4.69, 9.17) is 9.47 Å². The second-order valence-electron chi connectivity index (χ2n) is 7.45. The van der Waals surface area contributed by atoms with E-state index in [1.165, 1.54) is 5.56 Å². The maximum Gasteiger partial charge on any atom is 0.255 e. The number of amides is 1. The number of piperidine rings is 1. The molecule has 1 aromatic heterocycles. The van der Waals surface area contributed by atoms with Gasteiger partial charge in [0, 0.05) is 44.1 Å². The van der Waals surface area contributed by atoms with Crippen LogP contribution >= 0.6 is 0 Å². The van der Waals surface area contributed by atoms with Crippen LogP contribution < -0.4 is 4.74 Å². The molecule has 6 heteroatoms. The first-order chi connectivity index (χ1) is 13.2. The number of hydrogen-bond acceptors (Lipinski definition) is 4. The van der Waals surface area contributed by atoms with Crippen LogP contribution in [0.4, 0.5) is 0 Å². The van der Waals surface area contributed by atoms with E-state index in [2.05, 4.69) is 22.0 Å². The van der Waals surface area contributed by atoms with Crippen LogP contribution in [0.25, 0.3) is 0 Å². The molecular formula is C21H27N3O3. The van der Waals surface area contributed by atoms with Gasteiger partial charge in [-0.2, -0.15) is 0 Å². The summed E-state index contributed by atoms with van der Waals surface area (Å²) in [6, 6.07) is 10.0. The summed E-state index contributed by atoms with van der Waals surface area (Å²) in [5.74, 6) is 1.03. The van der Waals surface area contributed by atoms with Gasteiger partial charge in [0.15, 0.2) is 0 Å². The molecule has 2 fully saturated rings. The average molecular weight is 369 g/mol. The van der Waals surface area contributed by atoms with Crippen molar-refractivity contribution in [3.8, 4) is 5.75 Å². The Morgan fingerprint density at radius 3 is 2.78 bits per heavy atom. The number of methoxy groups -OCH3 is 1. The molecule has 4 rings (SSSR count). The molecule has 1 spiro atoms. The van der Waals surface area contributed by atoms with Crippen LogP contribution in [0.2, 0.25) is 0 Å². The summed E-state index contributed by atoms with van der Waals surface area (Å²) in [4.78, 5) is 20.0. The van der Waals surface area contributed by atoms with Gasteiger partial charge in [0.05, 0.1) is 31.4 Å². The maximum atomic E-state index is 12.7. The highest BCUT2D eigenvalue weighted by Gasteiger charge is 2.41. The van der Waals surface area contributed by atoms with Crippen LogP contribution in [0.1, 0.15) is 28.8 Å². The number of ether oxygens (including phenoxy) is 2. The van der Waals surface area contributed by atoms with Gasteiger partial charge >= 0.3 is 0 Å². The number of H-pyrrole nitrogens is 1. The molecule has 144 valence electrons. The van der Waals surface area contributed by atoms with Crippen molar-refractivity contribution in [1.29, 1.82) is 0 Å². The monoisotopic (exact) mass is 369 g/mol. The minimum absolute atomic E-state index is 0.0929. The summed E-state index contributed by atoms with van der Waals surface area (Å²) < 4.78 is 11.7. The Balaban J connectivity index is 1.37. The molecule has 1 aromatic carbocycles. The smallest absolute Gasteiger partial charge is 0.255 e. The third-order valence-corrected chi connectivity index (χ3v) is 5.73. The molecule has 2 aliphatic heterocycles. The quantitative estimate of drug-likeness (QED) is 0.900. The first-order valence-corrected chi connectivity index (χ1v) is 9.59. The van der Waals surface area contributed by atoms with Gasteiger partial charge in [-0.3, -0.25) is 9.69 Å². The summed E-state index contributed by atoms with van der Waals surface area (Å²) in [7, 11) is 1.72. The van der Waals surface area contributed by atoms with Gasteiger partial charge in [-0.05, 0) is 25.0 Å². The standard InChI is InChI=1S/C21H27N3O3/c1-26-19-5-3-2-4-18(19)15-23-10-7-21(8-11-23)16-24(12-13-27-21)20(25)17-6-9-22-14-17/h2-6,9,14,22H,7-8,10-13,15-16H2,1H3. The topological polar surface area (TPSA) is 57.8 Å². The number of likely N-dealkylation sites (tertiary alicyclic amines) is 1. The third-order valence-electron chi connectivity index (χ3n) is 5.73. The molecule has 27 heavy (non-hydrogen) atoms. The van der Waals surface area contributed by atoms with Crippen LogP contribution in [0.3, 0.4) is 0 Å². The molecule has 0 atom stereocenters. The molecule has 6 nitrogen and oxygen atoms in total. The highest BCUT2D eigenvalue weighted by Crippen LogP contribution is 2.32. The summed E-state index contributed by atoms with van der Waals surface area (Å²) in [5.41, 5.74) is 1.73. The second kappa shape index (κ2) is 7.74. The van der Waals surface area contributed by atoms with Crippen molar-refractivity contribution in [3.63, 3.8) is 0 Å². The van der Waals surface area contributed by atoms with Crippen LogP contribution in [-0.2, 0) is 11.3 Å². The zero-order chi connectivity index (χ0) is 18.7. The van der Waals surface area contributed by atoms with Crippen molar-refractivity contribution in [2.24, 2.45) is 0 Å². The number of hydrogen-bond donors (Lipinski definition) is 1. The molecule has 0 unspecified atom stereocenters. The van der Waals surface area contributed by atoms with Crippen LogP contribution in [0.5, 0.6) is 5.75 Å². The number of carbonyl (C=O) groups excluding carboxylic acids is 1. The second-order valence-corrected chi connectivity index (χ2v) is 7.45. The highest BCUT2D eigenvalue weighted by molar-refractivity contribution is 5.94. The van der Waals surface area contributed by atoms with Gasteiger partial charge in [-0.25, -0.2) is 0 Å². The molecule has 2 aromatic rings. The zero-order valence-electron chi connectivity index (χ0n) is 15.8. The first kappa shape index (κ1) is 18.1. The normalized spacial score (nSPS) is 20.0. The maximum absolute atomic E-state index is 12.7. The van der Waals surface area contributed by atoms with E-state index >= 15 is 0 Å². The lowest BCUT2D eigenvalue weighted by Crippen LogP contribution is -2.57. The molecule has 0 aliphatic carbocycles. The third kappa shape index (κ3) is 3.87. The predicted molar refractivity (Wildman–Crippen MR) is 103 cm³/mol. The Kier molecular flexibility index (Phi) is 5.18. The largest absolute Gasteiger partial charge is 0.496 e. The Morgan fingerprint density at radius 2 is 2.04 bits per heavy atom. The number of aromatic amines is 1. The highest BCUT2D eigenvalue weighted by atomic mass is 16.5. The molecule has 0 radical (unpaired) electrons. The molecule has 3 heterocycles. The lowest BCUT2D eigenvalue weighted by Gasteiger charge is -2.47. The van der Waals surface area contributed by atoms with E-state index < -0.39 is 0 Å². The molecule has 0 saturated carbocycles. The Bertz CT molecular complexity index is 767. The SMILES string of the molecule is COc1ccccc1CN1CCC2(CC1)CN(C(=O)c1cc[nH]c1)CCO2. The number of rotatable bonds is 4. The van der Waals surface area contributed by atoms with Gasteiger partial charge < -0.3 is 19.4 Å². The predicted octanol–water partition coefficient (Wildman–Crippen LogP) is 2.53. The van der Waals surface area contributed by atoms with Crippen molar-refractivity contribution in [3.05, 3.63) is 53.9 Å². The lowest BCUT2D eigenvalue weighted by molar-refractivity contribution is -0.128. The van der Waals surface area contributed by atoms with Gasteiger partial charge in [0.2, 0.25) is 0 Å². The van der Waals surface area contributed by atoms with E-state index in [9.17, 15) is 4.79 Å². The molecular weight excluding hydrogens is 342 g/mol. The van der Waals surface area contributed by atoms with E-state index in [1.54, 1.807) is 19.5 Å². The lowest BCUT2D eigenvalue weighted by atomic mass is 9.89. The van der Waals surface area contributed by atoms with Crippen molar-refractivity contribution in [1.82, 2.24) is 14.8 Å². The fourth-order valence-corrected chi connectivity index (χ4v) is 4.15. The zero-order valence-corrected chi connectivity index (χ0v) is 15.8. The fourth-order valence-electron chi connectivity index (χ4n) is 4.15. The van der Waals surface area contributed by atoms with Gasteiger partial charge in [-0.15, -0.1) is 0 Å². The number of nitrogens with zero attached hydrogens (tertiary/aromatic N) is 2. The van der Waals surface area contributed by atoms with Crippen LogP contribution in [-0.4, -0.2) is 66.2 Å². The minimum atomic E-state index is -0.207. The van der Waals surface area contributed by atoms with Crippen molar-refractivity contribution >= 4 is 5.91 Å². The molecule has 2 saturated heterocycles. The van der Waals surface area contributed by atoms with E-state index in [-0.39, 0.29) is 11.5 Å². The Hall–Kier alpha value is -2.31. The summed E-state index contributed by atoms with van der Waals surface area (Å²) in [6.07, 6.45) is 5.44. The number of aromatic nitrogens is 1. The summed E-state index contributed by atoms with van der Waals surface area (Å²) >= 11 is 0. The summed E-state index contributed by atoms with van der Waals surface area (Å²) in [5, 5.41) is 0. The van der Waals surface area contributed by atoms with Crippen molar-refractivity contribution < 1.29 is 14.3 Å². The number of morpholine rings is 1. The number of para-hydroxylation sites is 1. The van der Waals surface area contributed by atoms with E-state index in [1.807, 2.05) is 23.1 Å².